The molecule has 98 valence electrons. The van der Waals surface area contributed by atoms with E-state index in [1.54, 1.807) is 31.5 Å². The van der Waals surface area contributed by atoms with E-state index < -0.39 is 0 Å². The summed E-state index contributed by atoms with van der Waals surface area (Å²) < 4.78 is 1.86. The number of hydrogen-bond acceptors (Lipinski definition) is 3. The third kappa shape index (κ3) is 5.21. The number of carbonyl (C=O) groups is 2. The highest BCUT2D eigenvalue weighted by atomic mass is 16.1. The third-order valence-electron chi connectivity index (χ3n) is 2.41. The molecule has 19 heavy (non-hydrogen) atoms. The molecule has 0 aliphatic rings. The fourth-order valence-electron chi connectivity index (χ4n) is 1.37. The molecule has 0 aliphatic heterocycles. The number of Topliss-reactive ketones (excluding diaryl/α,β-unsaturated/α-hetero) is 2. The number of nitrogens with zero attached hydrogens (tertiary/aromatic N) is 2. The standard InChI is InChI=1S/C8H10NO.C7H7NO/c1-7(10)8-4-3-5-9(2)6-8;1-6(9)7-3-2-4-8-5-7/h3-6H,1-2H3;2-5H,1H3/q+1;. The molecular weight excluding hydrogens is 240 g/mol. The number of aromatic nitrogens is 2. The van der Waals surface area contributed by atoms with E-state index in [9.17, 15) is 9.59 Å². The minimum Gasteiger partial charge on any atom is -0.294 e. The quantitative estimate of drug-likeness (QED) is 0.610. The van der Waals surface area contributed by atoms with Gasteiger partial charge in [-0.25, -0.2) is 4.57 Å². The van der Waals surface area contributed by atoms with Gasteiger partial charge in [0.2, 0.25) is 0 Å². The van der Waals surface area contributed by atoms with Crippen LogP contribution in [-0.4, -0.2) is 16.6 Å². The van der Waals surface area contributed by atoms with Crippen molar-refractivity contribution in [1.29, 1.82) is 0 Å². The Morgan fingerprint density at radius 1 is 1.05 bits per heavy atom. The molecule has 0 N–H and O–H groups in total. The Labute approximate surface area is 112 Å². The van der Waals surface area contributed by atoms with E-state index in [0.29, 0.717) is 5.56 Å². The van der Waals surface area contributed by atoms with Gasteiger partial charge >= 0.3 is 0 Å². The summed E-state index contributed by atoms with van der Waals surface area (Å²) in [5.74, 6) is 0.166. The molecule has 2 rings (SSSR count). The van der Waals surface area contributed by atoms with Gasteiger partial charge < -0.3 is 0 Å². The minimum atomic E-state index is 0.0584. The average Bonchev–Trinajstić information content (AvgIpc) is 2.40. The van der Waals surface area contributed by atoms with Gasteiger partial charge in [0.15, 0.2) is 24.0 Å². The van der Waals surface area contributed by atoms with Crippen LogP contribution in [0.3, 0.4) is 0 Å². The number of pyridine rings is 2. The van der Waals surface area contributed by atoms with E-state index in [-0.39, 0.29) is 11.6 Å². The summed E-state index contributed by atoms with van der Waals surface area (Å²) in [7, 11) is 1.90. The molecule has 0 bridgehead atoms. The predicted octanol–water partition coefficient (Wildman–Crippen LogP) is 2.00. The summed E-state index contributed by atoms with van der Waals surface area (Å²) in [6, 6.07) is 7.16. The molecule has 0 saturated carbocycles. The topological polar surface area (TPSA) is 50.9 Å². The normalized spacial score (nSPS) is 9.21. The Balaban J connectivity index is 0.000000191. The molecule has 2 aromatic rings. The SMILES string of the molecule is CC(=O)c1ccc[n+](C)c1.CC(=O)c1cccnc1. The molecule has 4 heteroatoms. The lowest BCUT2D eigenvalue weighted by Gasteiger charge is -1.89. The van der Waals surface area contributed by atoms with Crippen LogP contribution in [-0.2, 0) is 7.05 Å². The fraction of sp³-hybridized carbons (Fsp3) is 0.200. The van der Waals surface area contributed by atoms with Crippen molar-refractivity contribution in [2.24, 2.45) is 7.05 Å². The van der Waals surface area contributed by atoms with Crippen LogP contribution in [0, 0.1) is 0 Å². The van der Waals surface area contributed by atoms with E-state index in [4.69, 9.17) is 0 Å². The van der Waals surface area contributed by atoms with E-state index >= 15 is 0 Å². The van der Waals surface area contributed by atoms with Crippen molar-refractivity contribution in [2.45, 2.75) is 13.8 Å². The zero-order valence-corrected chi connectivity index (χ0v) is 11.3. The Morgan fingerprint density at radius 2 is 1.68 bits per heavy atom. The average molecular weight is 257 g/mol. The number of aryl methyl sites for hydroxylation is 1. The largest absolute Gasteiger partial charge is 0.294 e. The van der Waals surface area contributed by atoms with Crippen LogP contribution in [0.15, 0.2) is 49.1 Å². The van der Waals surface area contributed by atoms with Crippen molar-refractivity contribution in [2.75, 3.05) is 0 Å². The zero-order valence-electron chi connectivity index (χ0n) is 11.3. The second kappa shape index (κ2) is 7.16. The molecule has 0 amide bonds. The van der Waals surface area contributed by atoms with E-state index in [1.807, 2.05) is 36.1 Å². The summed E-state index contributed by atoms with van der Waals surface area (Å²) in [6.07, 6.45) is 6.91. The number of hydrogen-bond donors (Lipinski definition) is 0. The molecule has 0 saturated heterocycles. The maximum atomic E-state index is 10.8. The van der Waals surface area contributed by atoms with E-state index in [1.165, 1.54) is 6.92 Å². The van der Waals surface area contributed by atoms with Crippen molar-refractivity contribution in [3.63, 3.8) is 0 Å². The Hall–Kier alpha value is -2.36. The van der Waals surface area contributed by atoms with Gasteiger partial charge in [-0.2, -0.15) is 0 Å². The summed E-state index contributed by atoms with van der Waals surface area (Å²) in [5, 5.41) is 0. The molecule has 2 aromatic heterocycles. The van der Waals surface area contributed by atoms with Crippen molar-refractivity contribution >= 4 is 11.6 Å². The summed E-state index contributed by atoms with van der Waals surface area (Å²) >= 11 is 0. The van der Waals surface area contributed by atoms with Gasteiger partial charge in [-0.3, -0.25) is 14.6 Å². The predicted molar refractivity (Wildman–Crippen MR) is 71.9 cm³/mol. The fourth-order valence-corrected chi connectivity index (χ4v) is 1.37. The van der Waals surface area contributed by atoms with Gasteiger partial charge in [0.05, 0.1) is 5.56 Å². The van der Waals surface area contributed by atoms with Gasteiger partial charge in [-0.15, -0.1) is 0 Å². The van der Waals surface area contributed by atoms with Crippen molar-refractivity contribution in [1.82, 2.24) is 4.98 Å². The molecule has 0 aromatic carbocycles. The number of rotatable bonds is 2. The van der Waals surface area contributed by atoms with Crippen molar-refractivity contribution in [3.8, 4) is 0 Å². The second-order valence-corrected chi connectivity index (χ2v) is 4.11. The van der Waals surface area contributed by atoms with Crippen LogP contribution < -0.4 is 4.57 Å². The molecule has 4 nitrogen and oxygen atoms in total. The molecule has 0 atom stereocenters. The van der Waals surface area contributed by atoms with Crippen LogP contribution >= 0.6 is 0 Å². The highest BCUT2D eigenvalue weighted by Gasteiger charge is 2.01. The first kappa shape index (κ1) is 14.7. The van der Waals surface area contributed by atoms with Crippen LogP contribution in [0.25, 0.3) is 0 Å². The summed E-state index contributed by atoms with van der Waals surface area (Å²) in [4.78, 5) is 25.2. The highest BCUT2D eigenvalue weighted by molar-refractivity contribution is 5.93. The van der Waals surface area contributed by atoms with E-state index in [0.717, 1.165) is 5.56 Å². The summed E-state index contributed by atoms with van der Waals surface area (Å²) in [6.45, 7) is 3.09. The lowest BCUT2D eigenvalue weighted by molar-refractivity contribution is -0.671. The smallest absolute Gasteiger partial charge is 0.179 e. The summed E-state index contributed by atoms with van der Waals surface area (Å²) in [5.41, 5.74) is 1.42. The van der Waals surface area contributed by atoms with Crippen LogP contribution in [0.1, 0.15) is 34.6 Å². The van der Waals surface area contributed by atoms with Gasteiger partial charge in [0.25, 0.3) is 0 Å². The highest BCUT2D eigenvalue weighted by Crippen LogP contribution is 1.95. The van der Waals surface area contributed by atoms with Crippen molar-refractivity contribution < 1.29 is 14.2 Å². The lowest BCUT2D eigenvalue weighted by atomic mass is 10.2. The number of ketones is 2. The minimum absolute atomic E-state index is 0.0584. The van der Waals surface area contributed by atoms with Crippen LogP contribution in [0.5, 0.6) is 0 Å². The molecule has 0 unspecified atom stereocenters. The molecule has 2 heterocycles. The zero-order chi connectivity index (χ0) is 14.3. The lowest BCUT2D eigenvalue weighted by Crippen LogP contribution is -2.27. The van der Waals surface area contributed by atoms with Gasteiger partial charge in [0.1, 0.15) is 7.05 Å². The second-order valence-electron chi connectivity index (χ2n) is 4.11. The molecule has 0 spiro atoms. The van der Waals surface area contributed by atoms with Crippen LogP contribution in [0.4, 0.5) is 0 Å². The van der Waals surface area contributed by atoms with Gasteiger partial charge in [0, 0.05) is 24.0 Å². The molecule has 0 aliphatic carbocycles. The first-order valence-corrected chi connectivity index (χ1v) is 5.88. The molecular formula is C15H17N2O2+. The molecule has 0 radical (unpaired) electrons. The Bertz CT molecular complexity index is 565. The third-order valence-corrected chi connectivity index (χ3v) is 2.41. The van der Waals surface area contributed by atoms with E-state index in [2.05, 4.69) is 4.98 Å². The molecule has 0 fully saturated rings. The Morgan fingerprint density at radius 3 is 2.05 bits per heavy atom. The van der Waals surface area contributed by atoms with Crippen LogP contribution in [0.2, 0.25) is 0 Å². The maximum Gasteiger partial charge on any atom is 0.179 e. The Kier molecular flexibility index (Phi) is 5.54. The number of carbonyl (C=O) groups excluding carboxylic acids is 2. The van der Waals surface area contributed by atoms with Crippen molar-refractivity contribution in [3.05, 3.63) is 60.2 Å². The first-order chi connectivity index (χ1) is 9.00. The van der Waals surface area contributed by atoms with Gasteiger partial charge in [-0.1, -0.05) is 0 Å². The maximum absolute atomic E-state index is 10.8. The first-order valence-electron chi connectivity index (χ1n) is 5.88. The van der Waals surface area contributed by atoms with Gasteiger partial charge in [-0.05, 0) is 32.0 Å². The monoisotopic (exact) mass is 257 g/mol.